The van der Waals surface area contributed by atoms with Gasteiger partial charge in [-0.05, 0) is 30.2 Å². The molecule has 2 aliphatic heterocycles. The van der Waals surface area contributed by atoms with Gasteiger partial charge in [-0.3, -0.25) is 9.59 Å². The molecule has 1 N–H and O–H groups in total. The summed E-state index contributed by atoms with van der Waals surface area (Å²) in [4.78, 5) is 28.5. The van der Waals surface area contributed by atoms with Gasteiger partial charge in [0, 0.05) is 29.6 Å². The van der Waals surface area contributed by atoms with Crippen molar-refractivity contribution in [3.05, 3.63) is 84.1 Å². The van der Waals surface area contributed by atoms with Crippen molar-refractivity contribution in [1.82, 2.24) is 4.90 Å². The summed E-state index contributed by atoms with van der Waals surface area (Å²) in [5.74, 6) is -0.494. The monoisotopic (exact) mass is 384 g/mol. The first-order chi connectivity index (χ1) is 14.2. The number of unbranched alkanes of at least 4 members (excludes halogenated alkanes) is 1. The summed E-state index contributed by atoms with van der Waals surface area (Å²) in [7, 11) is 0. The van der Waals surface area contributed by atoms with Crippen LogP contribution in [-0.2, 0) is 15.1 Å². The lowest BCUT2D eigenvalue weighted by Gasteiger charge is -2.50. The molecule has 1 unspecified atom stereocenters. The van der Waals surface area contributed by atoms with Crippen LogP contribution in [0.5, 0.6) is 0 Å². The van der Waals surface area contributed by atoms with Crippen molar-refractivity contribution in [3.63, 3.8) is 0 Å². The van der Waals surface area contributed by atoms with Crippen molar-refractivity contribution in [2.45, 2.75) is 31.3 Å². The van der Waals surface area contributed by atoms with Gasteiger partial charge in [0.25, 0.3) is 0 Å². The first kappa shape index (κ1) is 17.9. The van der Waals surface area contributed by atoms with E-state index in [-0.39, 0.29) is 11.6 Å². The Labute approximate surface area is 170 Å². The predicted molar refractivity (Wildman–Crippen MR) is 114 cm³/mol. The fourth-order valence-electron chi connectivity index (χ4n) is 5.13. The molecule has 4 heteroatoms. The van der Waals surface area contributed by atoms with Gasteiger partial charge in [0.1, 0.15) is 11.6 Å². The van der Waals surface area contributed by atoms with Gasteiger partial charge in [0.2, 0.25) is 0 Å². The fourth-order valence-corrected chi connectivity index (χ4v) is 5.13. The Balaban J connectivity index is 1.79. The minimum atomic E-state index is -0.740. The van der Waals surface area contributed by atoms with E-state index in [9.17, 15) is 9.59 Å². The molecule has 0 amide bonds. The number of nitrogens with zero attached hydrogens (tertiary/aromatic N) is 1. The molecule has 0 aromatic heterocycles. The summed E-state index contributed by atoms with van der Waals surface area (Å²) in [5, 5.41) is 3.69. The van der Waals surface area contributed by atoms with E-state index in [0.717, 1.165) is 41.8 Å². The minimum absolute atomic E-state index is 0.00542. The molecule has 29 heavy (non-hydrogen) atoms. The zero-order valence-corrected chi connectivity index (χ0v) is 16.5. The number of hydrogen-bond acceptors (Lipinski definition) is 4. The average Bonchev–Trinajstić information content (AvgIpc) is 3.10. The van der Waals surface area contributed by atoms with Gasteiger partial charge in [0.15, 0.2) is 11.6 Å². The third-order valence-electron chi connectivity index (χ3n) is 6.42. The number of carbonyl (C=O) groups excluding carboxylic acids is 2. The van der Waals surface area contributed by atoms with Gasteiger partial charge in [-0.25, -0.2) is 0 Å². The molecular formula is C25H24N2O2. The van der Waals surface area contributed by atoms with E-state index < -0.39 is 17.5 Å². The van der Waals surface area contributed by atoms with Gasteiger partial charge in [-0.15, -0.1) is 0 Å². The topological polar surface area (TPSA) is 49.4 Å². The van der Waals surface area contributed by atoms with Crippen LogP contribution in [0.25, 0.3) is 5.57 Å². The molecule has 5 rings (SSSR count). The van der Waals surface area contributed by atoms with Crippen LogP contribution in [0.2, 0.25) is 0 Å². The van der Waals surface area contributed by atoms with E-state index in [1.54, 1.807) is 0 Å². The van der Waals surface area contributed by atoms with Crippen molar-refractivity contribution in [3.8, 4) is 0 Å². The molecule has 2 aromatic rings. The Kier molecular flexibility index (Phi) is 4.16. The molecule has 146 valence electrons. The summed E-state index contributed by atoms with van der Waals surface area (Å²) in [6.45, 7) is 2.91. The van der Waals surface area contributed by atoms with Crippen molar-refractivity contribution < 1.29 is 9.59 Å². The highest BCUT2D eigenvalue weighted by Crippen LogP contribution is 2.56. The molecule has 2 aromatic carbocycles. The normalized spacial score (nSPS) is 27.1. The number of benzene rings is 2. The summed E-state index contributed by atoms with van der Waals surface area (Å²) in [6, 6.07) is 17.8. The molecule has 3 atom stereocenters. The molecule has 0 saturated heterocycles. The smallest absolute Gasteiger partial charge is 0.179 e. The van der Waals surface area contributed by atoms with Crippen molar-refractivity contribution >= 4 is 22.8 Å². The third-order valence-corrected chi connectivity index (χ3v) is 6.42. The van der Waals surface area contributed by atoms with Gasteiger partial charge >= 0.3 is 0 Å². The van der Waals surface area contributed by atoms with Crippen LogP contribution in [0, 0.1) is 5.92 Å². The highest BCUT2D eigenvalue weighted by Gasteiger charge is 2.59. The van der Waals surface area contributed by atoms with Crippen LogP contribution < -0.4 is 5.32 Å². The molecule has 2 heterocycles. The highest BCUT2D eigenvalue weighted by molar-refractivity contribution is 6.12. The lowest BCUT2D eigenvalue weighted by atomic mass is 9.64. The van der Waals surface area contributed by atoms with Gasteiger partial charge in [-0.2, -0.15) is 0 Å². The van der Waals surface area contributed by atoms with Crippen LogP contribution in [-0.4, -0.2) is 29.1 Å². The van der Waals surface area contributed by atoms with E-state index >= 15 is 0 Å². The lowest BCUT2D eigenvalue weighted by molar-refractivity contribution is -0.131. The van der Waals surface area contributed by atoms with Crippen LogP contribution in [0.1, 0.15) is 30.9 Å². The number of nitrogens with one attached hydrogen (secondary N) is 1. The zero-order valence-electron chi connectivity index (χ0n) is 16.5. The number of fused-ring (bicyclic) bond motifs is 5. The van der Waals surface area contributed by atoms with E-state index in [1.165, 1.54) is 12.2 Å². The first-order valence-electron chi connectivity index (χ1n) is 10.3. The second-order valence-electron chi connectivity index (χ2n) is 8.04. The van der Waals surface area contributed by atoms with E-state index in [2.05, 4.69) is 47.6 Å². The van der Waals surface area contributed by atoms with Gasteiger partial charge < -0.3 is 10.2 Å². The highest BCUT2D eigenvalue weighted by atomic mass is 16.1. The lowest BCUT2D eigenvalue weighted by Crippen LogP contribution is -2.61. The summed E-state index contributed by atoms with van der Waals surface area (Å²) < 4.78 is 0. The number of ketones is 2. The molecule has 4 nitrogen and oxygen atoms in total. The maximum Gasteiger partial charge on any atom is 0.179 e. The maximum atomic E-state index is 13.3. The Morgan fingerprint density at radius 1 is 0.966 bits per heavy atom. The molecule has 3 aliphatic rings. The van der Waals surface area contributed by atoms with Crippen molar-refractivity contribution in [1.29, 1.82) is 0 Å². The number of para-hydroxylation sites is 1. The molecule has 0 fully saturated rings. The summed E-state index contributed by atoms with van der Waals surface area (Å²) in [5.41, 5.74) is 3.47. The Hall–Kier alpha value is -3.14. The Morgan fingerprint density at radius 3 is 2.48 bits per heavy atom. The van der Waals surface area contributed by atoms with Crippen molar-refractivity contribution in [2.75, 3.05) is 11.9 Å². The standard InChI is InChI=1S/C25H24N2O2/c1-2-3-15-27-16-19-18-11-7-8-12-20(18)26-25(19,17-9-5-4-6-10-17)23-21(28)13-14-22(29)24(23)27/h4-14,16,23-24,26H,2-3,15H2,1H3/t23-,24+,25?/m1/s1. The molecule has 0 saturated carbocycles. The van der Waals surface area contributed by atoms with Gasteiger partial charge in [0.05, 0.1) is 5.92 Å². The summed E-state index contributed by atoms with van der Waals surface area (Å²) in [6.07, 6.45) is 7.08. The van der Waals surface area contributed by atoms with Crippen LogP contribution in [0.4, 0.5) is 5.69 Å². The minimum Gasteiger partial charge on any atom is -0.370 e. The Bertz CT molecular complexity index is 1040. The fraction of sp³-hybridized carbons (Fsp3) is 0.280. The quantitative estimate of drug-likeness (QED) is 0.860. The van der Waals surface area contributed by atoms with Crippen LogP contribution in [0.3, 0.4) is 0 Å². The second kappa shape index (κ2) is 6.73. The molecule has 0 bridgehead atoms. The van der Waals surface area contributed by atoms with Gasteiger partial charge in [-0.1, -0.05) is 61.9 Å². The number of allylic oxidation sites excluding steroid dienone is 1. The number of hydrogen-bond donors (Lipinski definition) is 1. The Morgan fingerprint density at radius 2 is 1.69 bits per heavy atom. The van der Waals surface area contributed by atoms with Crippen molar-refractivity contribution in [2.24, 2.45) is 5.92 Å². The largest absolute Gasteiger partial charge is 0.370 e. The summed E-state index contributed by atoms with van der Waals surface area (Å²) >= 11 is 0. The zero-order chi connectivity index (χ0) is 20.0. The molecule has 0 spiro atoms. The SMILES string of the molecule is CCCCN1C=C2c3ccccc3NC2(c2ccccc2)[C@@H]2C(=O)C=CC(=O)[C@@H]21. The van der Waals surface area contributed by atoms with Crippen LogP contribution >= 0.6 is 0 Å². The van der Waals surface area contributed by atoms with E-state index in [0.29, 0.717) is 0 Å². The number of rotatable bonds is 4. The first-order valence-corrected chi connectivity index (χ1v) is 10.3. The third kappa shape index (κ3) is 2.52. The number of anilines is 1. The van der Waals surface area contributed by atoms with E-state index in [4.69, 9.17) is 0 Å². The van der Waals surface area contributed by atoms with E-state index in [1.807, 2.05) is 30.3 Å². The predicted octanol–water partition coefficient (Wildman–Crippen LogP) is 4.16. The number of carbonyl (C=O) groups is 2. The maximum absolute atomic E-state index is 13.3. The molecular weight excluding hydrogens is 360 g/mol. The molecule has 1 aliphatic carbocycles. The van der Waals surface area contributed by atoms with Crippen LogP contribution in [0.15, 0.2) is 72.9 Å². The average molecular weight is 384 g/mol. The second-order valence-corrected chi connectivity index (χ2v) is 8.04. The molecule has 0 radical (unpaired) electrons.